The number of hydrogen-bond acceptors (Lipinski definition) is 4. The molecule has 0 radical (unpaired) electrons. The Balaban J connectivity index is 1.58. The van der Waals surface area contributed by atoms with Crippen LogP contribution in [0, 0.1) is 5.82 Å². The zero-order valence-corrected chi connectivity index (χ0v) is 12.3. The highest BCUT2D eigenvalue weighted by molar-refractivity contribution is 7.14. The highest BCUT2D eigenvalue weighted by Gasteiger charge is 2.33. The number of ether oxygens (including phenoxy) is 1. The molecule has 1 unspecified atom stereocenters. The van der Waals surface area contributed by atoms with E-state index < -0.39 is 23.9 Å². The Kier molecular flexibility index (Phi) is 4.06. The number of halogens is 1. The summed E-state index contributed by atoms with van der Waals surface area (Å²) in [5.41, 5.74) is -0.0260. The lowest BCUT2D eigenvalue weighted by Gasteiger charge is -2.11. The molecule has 2 heterocycles. The van der Waals surface area contributed by atoms with Gasteiger partial charge in [-0.25, -0.2) is 9.18 Å². The second-order valence-electron chi connectivity index (χ2n) is 4.76. The molecule has 3 rings (SSSR count). The number of anilines is 1. The van der Waals surface area contributed by atoms with Crippen LogP contribution in [0.15, 0.2) is 41.8 Å². The van der Waals surface area contributed by atoms with Crippen molar-refractivity contribution in [2.24, 2.45) is 0 Å². The largest absolute Gasteiger partial charge is 0.442 e. The van der Waals surface area contributed by atoms with Crippen molar-refractivity contribution in [1.82, 2.24) is 5.32 Å². The number of thiophene rings is 1. The van der Waals surface area contributed by atoms with Gasteiger partial charge in [-0.3, -0.25) is 9.69 Å². The van der Waals surface area contributed by atoms with Crippen molar-refractivity contribution in [2.75, 3.05) is 18.0 Å². The van der Waals surface area contributed by atoms with Crippen molar-refractivity contribution < 1.29 is 18.7 Å². The first-order chi connectivity index (χ1) is 10.6. The number of cyclic esters (lactones) is 1. The van der Waals surface area contributed by atoms with Crippen LogP contribution >= 0.6 is 11.3 Å². The fourth-order valence-electron chi connectivity index (χ4n) is 2.18. The third-order valence-electron chi connectivity index (χ3n) is 3.26. The van der Waals surface area contributed by atoms with Gasteiger partial charge in [0, 0.05) is 0 Å². The molecule has 5 nitrogen and oxygen atoms in total. The summed E-state index contributed by atoms with van der Waals surface area (Å²) in [7, 11) is 0. The lowest BCUT2D eigenvalue weighted by atomic mass is 10.2. The van der Waals surface area contributed by atoms with Gasteiger partial charge < -0.3 is 10.1 Å². The van der Waals surface area contributed by atoms with Crippen LogP contribution in [0.1, 0.15) is 10.4 Å². The van der Waals surface area contributed by atoms with Crippen molar-refractivity contribution in [1.29, 1.82) is 0 Å². The van der Waals surface area contributed by atoms with Crippen molar-refractivity contribution >= 4 is 28.3 Å². The second-order valence-corrected chi connectivity index (χ2v) is 5.68. The molecule has 1 atom stereocenters. The number of benzene rings is 1. The Labute approximate surface area is 130 Å². The van der Waals surface area contributed by atoms with E-state index in [4.69, 9.17) is 4.74 Å². The topological polar surface area (TPSA) is 58.6 Å². The number of amides is 2. The smallest absolute Gasteiger partial charge is 0.415 e. The van der Waals surface area contributed by atoms with Gasteiger partial charge in [0.15, 0.2) is 0 Å². The maximum absolute atomic E-state index is 13.5. The van der Waals surface area contributed by atoms with E-state index in [1.807, 2.05) is 17.5 Å². The minimum absolute atomic E-state index is 0.0260. The fraction of sp³-hybridized carbons (Fsp3) is 0.200. The zero-order valence-electron chi connectivity index (χ0n) is 11.5. The van der Waals surface area contributed by atoms with Crippen molar-refractivity contribution in [3.05, 3.63) is 53.2 Å². The third kappa shape index (κ3) is 2.94. The molecule has 0 aliphatic carbocycles. The molecular formula is C15H13FN2O3S. The van der Waals surface area contributed by atoms with E-state index in [1.165, 1.54) is 34.4 Å². The lowest BCUT2D eigenvalue weighted by Crippen LogP contribution is -2.34. The summed E-state index contributed by atoms with van der Waals surface area (Å²) in [6, 6.07) is 9.41. The summed E-state index contributed by atoms with van der Waals surface area (Å²) in [6.45, 7) is 0.498. The van der Waals surface area contributed by atoms with Gasteiger partial charge >= 0.3 is 6.09 Å². The predicted molar refractivity (Wildman–Crippen MR) is 80.7 cm³/mol. The van der Waals surface area contributed by atoms with Crippen LogP contribution < -0.4 is 10.2 Å². The Hall–Kier alpha value is -2.41. The number of hydrogen-bond donors (Lipinski definition) is 1. The van der Waals surface area contributed by atoms with Gasteiger partial charge in [-0.15, -0.1) is 11.3 Å². The molecule has 0 spiro atoms. The SMILES string of the molecule is O=C(NCC1CN(c2cccs2)C(=O)O1)c1ccccc1F. The highest BCUT2D eigenvalue weighted by Crippen LogP contribution is 2.26. The number of nitrogens with one attached hydrogen (secondary N) is 1. The van der Waals surface area contributed by atoms with Crippen molar-refractivity contribution in [3.8, 4) is 0 Å². The van der Waals surface area contributed by atoms with Crippen LogP contribution in [0.3, 0.4) is 0 Å². The molecule has 1 aliphatic rings. The van der Waals surface area contributed by atoms with Gasteiger partial charge in [0.2, 0.25) is 0 Å². The van der Waals surface area contributed by atoms with Crippen LogP contribution in [0.25, 0.3) is 0 Å². The number of carbonyl (C=O) groups is 2. The van der Waals surface area contributed by atoms with Gasteiger partial charge in [-0.05, 0) is 29.6 Å². The Morgan fingerprint density at radius 1 is 1.36 bits per heavy atom. The quantitative estimate of drug-likeness (QED) is 0.942. The molecule has 1 aromatic heterocycles. The van der Waals surface area contributed by atoms with Crippen LogP contribution in [0.5, 0.6) is 0 Å². The Morgan fingerprint density at radius 3 is 2.91 bits per heavy atom. The molecule has 1 saturated heterocycles. The van der Waals surface area contributed by atoms with Crippen LogP contribution in [-0.4, -0.2) is 31.2 Å². The maximum Gasteiger partial charge on any atom is 0.415 e. The van der Waals surface area contributed by atoms with Gasteiger partial charge in [-0.2, -0.15) is 0 Å². The maximum atomic E-state index is 13.5. The molecule has 114 valence electrons. The first-order valence-corrected chi connectivity index (χ1v) is 7.57. The lowest BCUT2D eigenvalue weighted by molar-refractivity contribution is 0.0912. The zero-order chi connectivity index (χ0) is 15.5. The summed E-state index contributed by atoms with van der Waals surface area (Å²) < 4.78 is 18.7. The summed E-state index contributed by atoms with van der Waals surface area (Å²) in [5, 5.41) is 5.26. The van der Waals surface area contributed by atoms with E-state index in [0.717, 1.165) is 5.00 Å². The predicted octanol–water partition coefficient (Wildman–Crippen LogP) is 2.64. The van der Waals surface area contributed by atoms with Gasteiger partial charge in [0.1, 0.15) is 16.9 Å². The molecule has 0 bridgehead atoms. The number of nitrogens with zero attached hydrogens (tertiary/aromatic N) is 1. The van der Waals surface area contributed by atoms with Gasteiger partial charge in [0.25, 0.3) is 5.91 Å². The molecule has 1 N–H and O–H groups in total. The molecular weight excluding hydrogens is 307 g/mol. The average Bonchev–Trinajstić information content (AvgIpc) is 3.14. The summed E-state index contributed by atoms with van der Waals surface area (Å²) >= 11 is 1.44. The van der Waals surface area contributed by atoms with E-state index >= 15 is 0 Å². The molecule has 22 heavy (non-hydrogen) atoms. The van der Waals surface area contributed by atoms with Gasteiger partial charge in [-0.1, -0.05) is 12.1 Å². The van der Waals surface area contributed by atoms with Crippen molar-refractivity contribution in [2.45, 2.75) is 6.10 Å². The minimum atomic E-state index is -0.580. The van der Waals surface area contributed by atoms with Gasteiger partial charge in [0.05, 0.1) is 18.7 Å². The summed E-state index contributed by atoms with van der Waals surface area (Å²) in [5.74, 6) is -1.10. The van der Waals surface area contributed by atoms with E-state index in [9.17, 15) is 14.0 Å². The summed E-state index contributed by atoms with van der Waals surface area (Å²) in [6.07, 6.45) is -0.891. The third-order valence-corrected chi connectivity index (χ3v) is 4.15. The number of rotatable bonds is 4. The Bertz CT molecular complexity index is 690. The molecule has 1 aromatic carbocycles. The average molecular weight is 320 g/mol. The first kappa shape index (κ1) is 14.5. The molecule has 1 fully saturated rings. The fourth-order valence-corrected chi connectivity index (χ4v) is 2.91. The molecule has 2 aromatic rings. The van der Waals surface area contributed by atoms with Crippen LogP contribution in [0.4, 0.5) is 14.2 Å². The monoisotopic (exact) mass is 320 g/mol. The standard InChI is InChI=1S/C15H13FN2O3S/c16-12-5-2-1-4-11(12)14(19)17-8-10-9-18(15(20)21-10)13-6-3-7-22-13/h1-7,10H,8-9H2,(H,17,19). The van der Waals surface area contributed by atoms with Crippen LogP contribution in [0.2, 0.25) is 0 Å². The minimum Gasteiger partial charge on any atom is -0.442 e. The first-order valence-electron chi connectivity index (χ1n) is 6.69. The summed E-state index contributed by atoms with van der Waals surface area (Å²) in [4.78, 5) is 25.2. The molecule has 1 aliphatic heterocycles. The van der Waals surface area contributed by atoms with Crippen molar-refractivity contribution in [3.63, 3.8) is 0 Å². The Morgan fingerprint density at radius 2 is 2.18 bits per heavy atom. The number of carbonyl (C=O) groups excluding carboxylic acids is 2. The van der Waals surface area contributed by atoms with E-state index in [1.54, 1.807) is 6.07 Å². The molecule has 0 saturated carbocycles. The van der Waals surface area contributed by atoms with Crippen LogP contribution in [-0.2, 0) is 4.74 Å². The second kappa shape index (κ2) is 6.15. The normalized spacial score (nSPS) is 17.4. The van der Waals surface area contributed by atoms with E-state index in [2.05, 4.69) is 5.32 Å². The molecule has 2 amide bonds. The molecule has 7 heteroatoms. The highest BCUT2D eigenvalue weighted by atomic mass is 32.1. The van der Waals surface area contributed by atoms with E-state index in [-0.39, 0.29) is 12.1 Å². The van der Waals surface area contributed by atoms with E-state index in [0.29, 0.717) is 6.54 Å².